The Balaban J connectivity index is 1.41. The third-order valence-electron chi connectivity index (χ3n) is 5.57. The Morgan fingerprint density at radius 3 is 2.44 bits per heavy atom. The molecule has 1 N–H and O–H groups in total. The maximum absolute atomic E-state index is 12.6. The predicted octanol–water partition coefficient (Wildman–Crippen LogP) is 2.58. The van der Waals surface area contributed by atoms with Gasteiger partial charge >= 0.3 is 6.03 Å². The fraction of sp³-hybridized carbons (Fsp3) is 0.667. The monoisotopic (exact) mass is 375 g/mol. The molecule has 6 heteroatoms. The van der Waals surface area contributed by atoms with Crippen LogP contribution < -0.4 is 10.1 Å². The van der Waals surface area contributed by atoms with Crippen molar-refractivity contribution in [2.24, 2.45) is 0 Å². The van der Waals surface area contributed by atoms with Gasteiger partial charge in [-0.15, -0.1) is 0 Å². The van der Waals surface area contributed by atoms with E-state index in [-0.39, 0.29) is 12.1 Å². The molecule has 0 radical (unpaired) electrons. The van der Waals surface area contributed by atoms with E-state index in [0.29, 0.717) is 12.6 Å². The molecule has 0 bridgehead atoms. The Morgan fingerprint density at radius 1 is 1.19 bits per heavy atom. The molecule has 6 nitrogen and oxygen atoms in total. The molecule has 2 aliphatic rings. The lowest BCUT2D eigenvalue weighted by atomic mass is 10.0. The summed E-state index contributed by atoms with van der Waals surface area (Å²) in [6.45, 7) is 11.9. The lowest BCUT2D eigenvalue weighted by Gasteiger charge is -2.40. The van der Waals surface area contributed by atoms with Crippen LogP contribution in [0.4, 0.5) is 4.79 Å². The molecule has 0 saturated carbocycles. The number of ether oxygens (including phenoxy) is 2. The van der Waals surface area contributed by atoms with Gasteiger partial charge in [-0.2, -0.15) is 0 Å². The summed E-state index contributed by atoms with van der Waals surface area (Å²) in [7, 11) is 0. The van der Waals surface area contributed by atoms with Gasteiger partial charge in [0.15, 0.2) is 0 Å². The van der Waals surface area contributed by atoms with Gasteiger partial charge < -0.3 is 19.7 Å². The Labute approximate surface area is 162 Å². The van der Waals surface area contributed by atoms with Gasteiger partial charge in [0.2, 0.25) is 0 Å². The van der Waals surface area contributed by atoms with E-state index in [4.69, 9.17) is 9.47 Å². The molecule has 0 spiro atoms. The van der Waals surface area contributed by atoms with E-state index in [9.17, 15) is 4.79 Å². The van der Waals surface area contributed by atoms with Crippen LogP contribution in [-0.2, 0) is 4.74 Å². The molecule has 27 heavy (non-hydrogen) atoms. The number of carbonyl (C=O) groups excluding carboxylic acids is 1. The van der Waals surface area contributed by atoms with Gasteiger partial charge in [0, 0.05) is 32.2 Å². The zero-order chi connectivity index (χ0) is 19.2. The maximum Gasteiger partial charge on any atom is 0.317 e. The molecule has 2 saturated heterocycles. The molecule has 2 fully saturated rings. The van der Waals surface area contributed by atoms with Crippen molar-refractivity contribution in [3.8, 4) is 5.75 Å². The van der Waals surface area contributed by atoms with Crippen LogP contribution in [0.1, 0.15) is 30.9 Å². The van der Waals surface area contributed by atoms with Crippen molar-refractivity contribution < 1.29 is 14.3 Å². The van der Waals surface area contributed by atoms with E-state index in [1.54, 1.807) is 0 Å². The Bertz CT molecular complexity index is 603. The Morgan fingerprint density at radius 2 is 1.81 bits per heavy atom. The third kappa shape index (κ3) is 5.36. The highest BCUT2D eigenvalue weighted by molar-refractivity contribution is 5.74. The molecule has 1 atom stereocenters. The molecule has 2 aliphatic heterocycles. The van der Waals surface area contributed by atoms with Gasteiger partial charge in [-0.3, -0.25) is 4.90 Å². The number of likely N-dealkylation sites (tertiary alicyclic amines) is 1. The van der Waals surface area contributed by atoms with Gasteiger partial charge in [-0.1, -0.05) is 18.2 Å². The van der Waals surface area contributed by atoms with E-state index in [1.165, 1.54) is 0 Å². The van der Waals surface area contributed by atoms with Crippen molar-refractivity contribution in [1.29, 1.82) is 0 Å². The van der Waals surface area contributed by atoms with Crippen molar-refractivity contribution in [3.05, 3.63) is 29.3 Å². The summed E-state index contributed by atoms with van der Waals surface area (Å²) in [5.41, 5.74) is 2.25. The van der Waals surface area contributed by atoms with Gasteiger partial charge in [-0.25, -0.2) is 4.79 Å². The Hall–Kier alpha value is -1.79. The first-order valence-electron chi connectivity index (χ1n) is 10.1. The summed E-state index contributed by atoms with van der Waals surface area (Å²) in [6.07, 6.45) is 2.08. The number of hydrogen-bond acceptors (Lipinski definition) is 4. The predicted molar refractivity (Wildman–Crippen MR) is 106 cm³/mol. The summed E-state index contributed by atoms with van der Waals surface area (Å²) in [4.78, 5) is 17.0. The number of aryl methyl sites for hydroxylation is 2. The van der Waals surface area contributed by atoms with Crippen LogP contribution >= 0.6 is 0 Å². The van der Waals surface area contributed by atoms with E-state index in [2.05, 4.69) is 10.2 Å². The average Bonchev–Trinajstić information content (AvgIpc) is 2.68. The Kier molecular flexibility index (Phi) is 6.96. The summed E-state index contributed by atoms with van der Waals surface area (Å²) in [5, 5.41) is 3.08. The molecule has 0 unspecified atom stereocenters. The average molecular weight is 376 g/mol. The lowest BCUT2D eigenvalue weighted by Crippen LogP contribution is -2.53. The number of carbonyl (C=O) groups is 1. The van der Waals surface area contributed by atoms with Crippen LogP contribution in [0.2, 0.25) is 0 Å². The lowest BCUT2D eigenvalue weighted by molar-refractivity contribution is 0.00370. The smallest absolute Gasteiger partial charge is 0.317 e. The van der Waals surface area contributed by atoms with Crippen molar-refractivity contribution in [3.63, 3.8) is 0 Å². The third-order valence-corrected chi connectivity index (χ3v) is 5.57. The number of piperidine rings is 1. The molecule has 2 amide bonds. The number of amides is 2. The second-order valence-electron chi connectivity index (χ2n) is 7.75. The van der Waals surface area contributed by atoms with Crippen LogP contribution in [0.3, 0.4) is 0 Å². The SMILES string of the molecule is Cc1cccc(C)c1OC[C@H](C)NC(=O)N1CCC(N2CCOCC2)CC1. The van der Waals surface area contributed by atoms with Gasteiger partial charge in [-0.05, 0) is 44.7 Å². The van der Waals surface area contributed by atoms with Crippen molar-refractivity contribution in [2.45, 2.75) is 45.7 Å². The largest absolute Gasteiger partial charge is 0.491 e. The first-order valence-corrected chi connectivity index (χ1v) is 10.1. The molecule has 1 aromatic rings. The van der Waals surface area contributed by atoms with Crippen LogP contribution in [0, 0.1) is 13.8 Å². The highest BCUT2D eigenvalue weighted by atomic mass is 16.5. The second kappa shape index (κ2) is 9.42. The van der Waals surface area contributed by atoms with Gasteiger partial charge in [0.1, 0.15) is 12.4 Å². The molecular weight excluding hydrogens is 342 g/mol. The van der Waals surface area contributed by atoms with E-state index in [0.717, 1.165) is 69.1 Å². The van der Waals surface area contributed by atoms with Crippen LogP contribution in [-0.4, -0.2) is 73.9 Å². The van der Waals surface area contributed by atoms with E-state index in [1.807, 2.05) is 43.9 Å². The quantitative estimate of drug-likeness (QED) is 0.859. The van der Waals surface area contributed by atoms with Gasteiger partial charge in [0.25, 0.3) is 0 Å². The summed E-state index contributed by atoms with van der Waals surface area (Å²) in [6, 6.07) is 6.70. The first-order chi connectivity index (χ1) is 13.0. The fourth-order valence-corrected chi connectivity index (χ4v) is 3.96. The minimum absolute atomic E-state index is 0.0213. The highest BCUT2D eigenvalue weighted by Gasteiger charge is 2.28. The molecule has 0 aliphatic carbocycles. The normalized spacial score (nSPS) is 20.3. The summed E-state index contributed by atoms with van der Waals surface area (Å²) < 4.78 is 11.4. The van der Waals surface area contributed by atoms with Crippen LogP contribution in [0.25, 0.3) is 0 Å². The van der Waals surface area contributed by atoms with Gasteiger partial charge in [0.05, 0.1) is 19.3 Å². The highest BCUT2D eigenvalue weighted by Crippen LogP contribution is 2.22. The van der Waals surface area contributed by atoms with Crippen molar-refractivity contribution >= 4 is 6.03 Å². The number of nitrogens with one attached hydrogen (secondary N) is 1. The summed E-state index contributed by atoms with van der Waals surface area (Å²) in [5.74, 6) is 0.921. The molecule has 1 aromatic carbocycles. The molecule has 150 valence electrons. The van der Waals surface area contributed by atoms with Crippen molar-refractivity contribution in [2.75, 3.05) is 46.0 Å². The number of para-hydroxylation sites is 1. The number of nitrogens with zero attached hydrogens (tertiary/aromatic N) is 2. The molecular formula is C21H33N3O3. The first kappa shape index (κ1) is 20.0. The minimum Gasteiger partial charge on any atom is -0.491 e. The number of rotatable bonds is 5. The topological polar surface area (TPSA) is 54.0 Å². The zero-order valence-electron chi connectivity index (χ0n) is 16.9. The summed E-state index contributed by atoms with van der Waals surface area (Å²) >= 11 is 0. The number of morpholine rings is 1. The molecule has 3 rings (SSSR count). The van der Waals surface area contributed by atoms with E-state index >= 15 is 0 Å². The zero-order valence-corrected chi connectivity index (χ0v) is 16.9. The van der Waals surface area contributed by atoms with Crippen LogP contribution in [0.5, 0.6) is 5.75 Å². The van der Waals surface area contributed by atoms with Crippen LogP contribution in [0.15, 0.2) is 18.2 Å². The van der Waals surface area contributed by atoms with E-state index < -0.39 is 0 Å². The minimum atomic E-state index is -0.0338. The maximum atomic E-state index is 12.6. The molecule has 2 heterocycles. The number of hydrogen-bond donors (Lipinski definition) is 1. The second-order valence-corrected chi connectivity index (χ2v) is 7.75. The molecule has 0 aromatic heterocycles. The number of benzene rings is 1. The van der Waals surface area contributed by atoms with Crippen molar-refractivity contribution in [1.82, 2.24) is 15.1 Å². The number of urea groups is 1. The standard InChI is InChI=1S/C21H33N3O3/c1-16-5-4-6-17(2)20(16)27-15-18(3)22-21(25)24-9-7-19(8-10-24)23-11-13-26-14-12-23/h4-6,18-19H,7-15H2,1-3H3,(H,22,25)/t18-/m0/s1. The fourth-order valence-electron chi connectivity index (χ4n) is 3.96.